The van der Waals surface area contributed by atoms with Crippen molar-refractivity contribution < 1.29 is 31.1 Å². The fraction of sp³-hybridized carbons (Fsp3) is 0.600. The van der Waals surface area contributed by atoms with Gasteiger partial charge in [-0.25, -0.2) is 13.4 Å². The van der Waals surface area contributed by atoms with Crippen molar-refractivity contribution in [1.82, 2.24) is 14.8 Å². The molecule has 1 amide bonds. The molecule has 0 aliphatic carbocycles. The van der Waals surface area contributed by atoms with Gasteiger partial charge in [-0.15, -0.1) is 0 Å². The van der Waals surface area contributed by atoms with Crippen molar-refractivity contribution in [2.45, 2.75) is 6.18 Å². The summed E-state index contributed by atoms with van der Waals surface area (Å²) in [6.07, 6.45) is -2.22. The van der Waals surface area contributed by atoms with E-state index >= 15 is 0 Å². The van der Waals surface area contributed by atoms with Gasteiger partial charge < -0.3 is 9.64 Å². The minimum atomic E-state index is -4.52. The third-order valence-corrected chi connectivity index (χ3v) is 5.06. The summed E-state index contributed by atoms with van der Waals surface area (Å²) in [4.78, 5) is 19.7. The summed E-state index contributed by atoms with van der Waals surface area (Å²) in [6, 6.07) is 1.22. The van der Waals surface area contributed by atoms with Gasteiger partial charge in [0.1, 0.15) is 14.9 Å². The highest BCUT2D eigenvalue weighted by Crippen LogP contribution is 2.25. The first-order chi connectivity index (χ1) is 12.4. The molecule has 1 aromatic heterocycles. The number of halogens is 4. The molecule has 1 aliphatic heterocycles. The van der Waals surface area contributed by atoms with Crippen LogP contribution in [0.4, 0.5) is 13.2 Å². The number of nitrogens with zero attached hydrogens (tertiary/aromatic N) is 3. The number of amides is 1. The largest absolute Gasteiger partial charge is 0.467 e. The van der Waals surface area contributed by atoms with Crippen LogP contribution in [0.25, 0.3) is 0 Å². The van der Waals surface area contributed by atoms with Crippen molar-refractivity contribution >= 4 is 27.3 Å². The number of rotatable bonds is 6. The fourth-order valence-corrected chi connectivity index (χ4v) is 3.26. The smallest absolute Gasteiger partial charge is 0.422 e. The third kappa shape index (κ3) is 7.15. The first-order valence-corrected chi connectivity index (χ1v) is 10.4. The van der Waals surface area contributed by atoms with Crippen LogP contribution in [0.2, 0.25) is 5.02 Å². The van der Waals surface area contributed by atoms with Crippen LogP contribution >= 0.6 is 11.6 Å². The summed E-state index contributed by atoms with van der Waals surface area (Å²) in [5.74, 6) is -0.689. The van der Waals surface area contributed by atoms with Gasteiger partial charge in [-0.1, -0.05) is 11.6 Å². The van der Waals surface area contributed by atoms with E-state index < -0.39 is 28.5 Å². The maximum atomic E-state index is 12.5. The van der Waals surface area contributed by atoms with Crippen LogP contribution in [0.5, 0.6) is 5.88 Å². The zero-order valence-electron chi connectivity index (χ0n) is 14.5. The lowest BCUT2D eigenvalue weighted by Crippen LogP contribution is -2.49. The second-order valence-electron chi connectivity index (χ2n) is 6.18. The molecule has 0 spiro atoms. The average molecular weight is 430 g/mol. The average Bonchev–Trinajstić information content (AvgIpc) is 2.57. The highest BCUT2D eigenvalue weighted by atomic mass is 35.5. The Kier molecular flexibility index (Phi) is 6.92. The molecule has 1 aliphatic rings. The summed E-state index contributed by atoms with van der Waals surface area (Å²) < 4.78 is 63.5. The van der Waals surface area contributed by atoms with Crippen molar-refractivity contribution in [3.63, 3.8) is 0 Å². The van der Waals surface area contributed by atoms with Gasteiger partial charge in [0.15, 0.2) is 6.61 Å². The van der Waals surface area contributed by atoms with Gasteiger partial charge in [-0.2, -0.15) is 13.2 Å². The van der Waals surface area contributed by atoms with Gasteiger partial charge >= 0.3 is 6.18 Å². The van der Waals surface area contributed by atoms with E-state index in [2.05, 4.69) is 9.72 Å². The maximum Gasteiger partial charge on any atom is 0.422 e. The molecule has 1 fully saturated rings. The molecule has 0 unspecified atom stereocenters. The van der Waals surface area contributed by atoms with Crippen LogP contribution in [0.1, 0.15) is 10.4 Å². The van der Waals surface area contributed by atoms with Gasteiger partial charge in [-0.3, -0.25) is 9.69 Å². The minimum absolute atomic E-state index is 0.0554. The Balaban J connectivity index is 1.92. The highest BCUT2D eigenvalue weighted by Gasteiger charge is 2.29. The molecule has 12 heteroatoms. The maximum absolute atomic E-state index is 12.5. The first kappa shape index (κ1) is 21.7. The van der Waals surface area contributed by atoms with E-state index in [-0.39, 0.29) is 22.2 Å². The van der Waals surface area contributed by atoms with Gasteiger partial charge in [0.2, 0.25) is 5.88 Å². The van der Waals surface area contributed by atoms with Crippen LogP contribution in [-0.4, -0.2) is 86.6 Å². The molecule has 0 saturated carbocycles. The van der Waals surface area contributed by atoms with E-state index in [1.165, 1.54) is 12.3 Å². The molecule has 0 atom stereocenters. The second kappa shape index (κ2) is 8.61. The molecule has 1 saturated heterocycles. The van der Waals surface area contributed by atoms with Crippen molar-refractivity contribution in [2.75, 3.05) is 51.3 Å². The molecule has 0 aromatic carbocycles. The van der Waals surface area contributed by atoms with Gasteiger partial charge in [0, 0.05) is 45.2 Å². The fourth-order valence-electron chi connectivity index (χ4n) is 2.45. The van der Waals surface area contributed by atoms with Crippen LogP contribution < -0.4 is 4.74 Å². The van der Waals surface area contributed by atoms with E-state index in [0.29, 0.717) is 32.7 Å². The molecule has 0 radical (unpaired) electrons. The topological polar surface area (TPSA) is 79.8 Å². The molecular weight excluding hydrogens is 411 g/mol. The Bertz CT molecular complexity index is 781. The summed E-state index contributed by atoms with van der Waals surface area (Å²) in [7, 11) is -3.05. The molecule has 152 valence electrons. The third-order valence-electron chi connectivity index (χ3n) is 3.86. The molecule has 2 heterocycles. The van der Waals surface area contributed by atoms with E-state index in [9.17, 15) is 26.4 Å². The number of carbonyl (C=O) groups is 1. The van der Waals surface area contributed by atoms with E-state index in [1.54, 1.807) is 4.90 Å². The molecule has 2 rings (SSSR count). The number of ether oxygens (including phenoxy) is 1. The Hall–Kier alpha value is -1.59. The molecule has 0 N–H and O–H groups in total. The lowest BCUT2D eigenvalue weighted by molar-refractivity contribution is -0.154. The molecule has 7 nitrogen and oxygen atoms in total. The van der Waals surface area contributed by atoms with Gasteiger partial charge in [-0.05, 0) is 6.07 Å². The number of pyridine rings is 1. The van der Waals surface area contributed by atoms with Crippen LogP contribution in [-0.2, 0) is 9.84 Å². The zero-order valence-corrected chi connectivity index (χ0v) is 16.1. The summed E-state index contributed by atoms with van der Waals surface area (Å²) in [6.45, 7) is 0.714. The SMILES string of the molecule is CS(=O)(=O)CCN1CCN(C(=O)c2cnc(OCC(F)(F)F)c(Cl)c2)CC1. The summed E-state index contributed by atoms with van der Waals surface area (Å²) >= 11 is 5.86. The minimum Gasteiger partial charge on any atom is -0.467 e. The van der Waals surface area contributed by atoms with E-state index in [1.807, 2.05) is 4.90 Å². The normalized spacial score (nSPS) is 16.4. The number of carbonyl (C=O) groups excluding carboxylic acids is 1. The van der Waals surface area contributed by atoms with Crippen LogP contribution in [0.15, 0.2) is 12.3 Å². The predicted molar refractivity (Wildman–Crippen MR) is 92.9 cm³/mol. The van der Waals surface area contributed by atoms with Crippen LogP contribution in [0, 0.1) is 0 Å². The van der Waals surface area contributed by atoms with Crippen molar-refractivity contribution in [2.24, 2.45) is 0 Å². The zero-order chi connectivity index (χ0) is 20.2. The summed E-state index contributed by atoms with van der Waals surface area (Å²) in [5, 5.41) is -0.183. The number of hydrogen-bond donors (Lipinski definition) is 0. The second-order valence-corrected chi connectivity index (χ2v) is 8.85. The molecule has 27 heavy (non-hydrogen) atoms. The quantitative estimate of drug-likeness (QED) is 0.681. The lowest BCUT2D eigenvalue weighted by Gasteiger charge is -2.34. The van der Waals surface area contributed by atoms with Gasteiger partial charge in [0.25, 0.3) is 5.91 Å². The Morgan fingerprint density at radius 1 is 1.30 bits per heavy atom. The number of alkyl halides is 3. The number of aromatic nitrogens is 1. The van der Waals surface area contributed by atoms with Crippen LogP contribution in [0.3, 0.4) is 0 Å². The van der Waals surface area contributed by atoms with E-state index in [4.69, 9.17) is 11.6 Å². The molecular formula is C15H19ClF3N3O4S. The van der Waals surface area contributed by atoms with E-state index in [0.717, 1.165) is 6.20 Å². The Labute approximate surface area is 160 Å². The lowest BCUT2D eigenvalue weighted by atomic mass is 10.2. The Morgan fingerprint density at radius 3 is 2.44 bits per heavy atom. The van der Waals surface area contributed by atoms with Crippen molar-refractivity contribution in [3.8, 4) is 5.88 Å². The predicted octanol–water partition coefficient (Wildman–Crippen LogP) is 1.48. The monoisotopic (exact) mass is 429 g/mol. The summed E-state index contributed by atoms with van der Waals surface area (Å²) in [5.41, 5.74) is 0.143. The number of piperazine rings is 1. The Morgan fingerprint density at radius 2 is 1.93 bits per heavy atom. The van der Waals surface area contributed by atoms with Crippen molar-refractivity contribution in [3.05, 3.63) is 22.8 Å². The molecule has 1 aromatic rings. The van der Waals surface area contributed by atoms with Gasteiger partial charge in [0.05, 0.1) is 11.3 Å². The standard InChI is InChI=1S/C15H19ClF3N3O4S/c1-27(24,25)7-6-21-2-4-22(5-3-21)14(23)11-8-12(16)13(20-9-11)26-10-15(17,18)19/h8-9H,2-7,10H2,1H3. The number of hydrogen-bond acceptors (Lipinski definition) is 6. The molecule has 0 bridgehead atoms. The highest BCUT2D eigenvalue weighted by molar-refractivity contribution is 7.90. The number of sulfone groups is 1. The first-order valence-electron chi connectivity index (χ1n) is 7.99. The van der Waals surface area contributed by atoms with Crippen molar-refractivity contribution in [1.29, 1.82) is 0 Å².